The van der Waals surface area contributed by atoms with Crippen molar-refractivity contribution < 1.29 is 18.0 Å². The van der Waals surface area contributed by atoms with Crippen molar-refractivity contribution in [1.82, 2.24) is 5.32 Å². The van der Waals surface area contributed by atoms with Crippen LogP contribution in [-0.4, -0.2) is 18.5 Å². The zero-order valence-electron chi connectivity index (χ0n) is 11.8. The predicted octanol–water partition coefficient (Wildman–Crippen LogP) is 3.34. The molecular weight excluding hydrogens is 269 g/mol. The first-order valence-corrected chi connectivity index (χ1v) is 6.45. The molecule has 0 aliphatic rings. The van der Waals surface area contributed by atoms with Gasteiger partial charge < -0.3 is 10.6 Å². The molecule has 1 unspecified atom stereocenters. The number of carbonyl (C=O) groups is 1. The predicted molar refractivity (Wildman–Crippen MR) is 72.6 cm³/mol. The zero-order valence-corrected chi connectivity index (χ0v) is 11.8. The fourth-order valence-electron chi connectivity index (χ4n) is 1.54. The largest absolute Gasteiger partial charge is 0.416 e. The molecule has 0 spiro atoms. The van der Waals surface area contributed by atoms with Crippen LogP contribution in [0.15, 0.2) is 18.2 Å². The van der Waals surface area contributed by atoms with Crippen molar-refractivity contribution in [2.24, 2.45) is 0 Å². The highest BCUT2D eigenvalue weighted by Crippen LogP contribution is 2.31. The molecule has 0 saturated heterocycles. The van der Waals surface area contributed by atoms with Crippen LogP contribution in [-0.2, 0) is 11.0 Å². The van der Waals surface area contributed by atoms with Crippen LogP contribution in [0.25, 0.3) is 0 Å². The second kappa shape index (κ2) is 6.74. The van der Waals surface area contributed by atoms with Crippen LogP contribution in [0.5, 0.6) is 0 Å². The molecule has 0 bridgehead atoms. The van der Waals surface area contributed by atoms with Crippen molar-refractivity contribution >= 4 is 11.6 Å². The molecule has 1 atom stereocenters. The first-order valence-electron chi connectivity index (χ1n) is 6.45. The van der Waals surface area contributed by atoms with Gasteiger partial charge in [-0.1, -0.05) is 13.0 Å². The molecular formula is C14H19F3N2O. The Labute approximate surface area is 116 Å². The van der Waals surface area contributed by atoms with Gasteiger partial charge in [0.25, 0.3) is 0 Å². The lowest BCUT2D eigenvalue weighted by molar-refractivity contribution is -0.137. The van der Waals surface area contributed by atoms with Gasteiger partial charge in [-0.05, 0) is 38.0 Å². The van der Waals surface area contributed by atoms with Crippen molar-refractivity contribution in [1.29, 1.82) is 0 Å². The molecule has 0 aliphatic heterocycles. The quantitative estimate of drug-likeness (QED) is 0.872. The summed E-state index contributed by atoms with van der Waals surface area (Å²) in [6.45, 7) is 5.64. The number of anilines is 1. The second-order valence-electron chi connectivity index (χ2n) is 4.77. The highest BCUT2D eigenvalue weighted by Gasteiger charge is 2.30. The number of benzene rings is 1. The number of nitrogens with one attached hydrogen (secondary N) is 2. The van der Waals surface area contributed by atoms with E-state index in [1.165, 1.54) is 6.07 Å². The van der Waals surface area contributed by atoms with Crippen LogP contribution in [0.4, 0.5) is 18.9 Å². The summed E-state index contributed by atoms with van der Waals surface area (Å²) in [4.78, 5) is 11.7. The van der Waals surface area contributed by atoms with Crippen LogP contribution in [0.3, 0.4) is 0 Å². The smallest absolute Gasteiger partial charge is 0.325 e. The molecule has 0 radical (unpaired) electrons. The van der Waals surface area contributed by atoms with E-state index in [0.29, 0.717) is 5.56 Å². The van der Waals surface area contributed by atoms with E-state index in [-0.39, 0.29) is 24.2 Å². The van der Waals surface area contributed by atoms with Gasteiger partial charge in [0.15, 0.2) is 0 Å². The highest BCUT2D eigenvalue weighted by molar-refractivity contribution is 5.93. The Morgan fingerprint density at radius 3 is 2.55 bits per heavy atom. The minimum absolute atomic E-state index is 0.0741. The minimum atomic E-state index is -4.41. The maximum atomic E-state index is 12.6. The third-order valence-corrected chi connectivity index (χ3v) is 3.06. The number of carbonyl (C=O) groups excluding carboxylic acids is 1. The van der Waals surface area contributed by atoms with Crippen molar-refractivity contribution in [3.63, 3.8) is 0 Å². The number of halogens is 3. The Bertz CT molecular complexity index is 472. The van der Waals surface area contributed by atoms with Crippen LogP contribution in [0.1, 0.15) is 31.4 Å². The third-order valence-electron chi connectivity index (χ3n) is 3.06. The topological polar surface area (TPSA) is 41.1 Å². The maximum Gasteiger partial charge on any atom is 0.416 e. The van der Waals surface area contributed by atoms with E-state index >= 15 is 0 Å². The van der Waals surface area contributed by atoms with Gasteiger partial charge >= 0.3 is 6.18 Å². The van der Waals surface area contributed by atoms with Gasteiger partial charge in [-0.15, -0.1) is 0 Å². The van der Waals surface area contributed by atoms with Gasteiger partial charge in [0.1, 0.15) is 0 Å². The Morgan fingerprint density at radius 2 is 2.00 bits per heavy atom. The summed E-state index contributed by atoms with van der Waals surface area (Å²) in [5.74, 6) is -0.354. The number of rotatable bonds is 5. The van der Waals surface area contributed by atoms with E-state index in [1.807, 2.05) is 13.8 Å². The molecule has 1 aromatic carbocycles. The molecule has 112 valence electrons. The van der Waals surface area contributed by atoms with E-state index in [4.69, 9.17) is 0 Å². The second-order valence-corrected chi connectivity index (χ2v) is 4.77. The van der Waals surface area contributed by atoms with E-state index in [0.717, 1.165) is 18.6 Å². The Balaban J connectivity index is 2.74. The normalized spacial score (nSPS) is 13.1. The highest BCUT2D eigenvalue weighted by atomic mass is 19.4. The SMILES string of the molecule is CCC(C)NCC(=O)Nc1cc(C(F)(F)F)ccc1C. The molecule has 3 nitrogen and oxygen atoms in total. The molecule has 20 heavy (non-hydrogen) atoms. The molecule has 0 heterocycles. The fraction of sp³-hybridized carbons (Fsp3) is 0.500. The minimum Gasteiger partial charge on any atom is -0.325 e. The zero-order chi connectivity index (χ0) is 15.3. The van der Waals surface area contributed by atoms with Crippen molar-refractivity contribution in [3.05, 3.63) is 29.3 Å². The Kier molecular flexibility index (Phi) is 5.56. The van der Waals surface area contributed by atoms with Crippen molar-refractivity contribution in [3.8, 4) is 0 Å². The van der Waals surface area contributed by atoms with E-state index < -0.39 is 11.7 Å². The fourth-order valence-corrected chi connectivity index (χ4v) is 1.54. The van der Waals surface area contributed by atoms with Gasteiger partial charge in [-0.2, -0.15) is 13.2 Å². The Morgan fingerprint density at radius 1 is 1.35 bits per heavy atom. The van der Waals surface area contributed by atoms with Crippen molar-refractivity contribution in [2.45, 2.75) is 39.4 Å². The molecule has 0 aliphatic carbocycles. The summed E-state index contributed by atoms with van der Waals surface area (Å²) in [6.07, 6.45) is -3.54. The molecule has 0 aromatic heterocycles. The molecule has 1 amide bonds. The van der Waals surface area contributed by atoms with Crippen LogP contribution >= 0.6 is 0 Å². The molecule has 2 N–H and O–H groups in total. The monoisotopic (exact) mass is 288 g/mol. The van der Waals surface area contributed by atoms with Gasteiger partial charge in [-0.3, -0.25) is 4.79 Å². The van der Waals surface area contributed by atoms with E-state index in [2.05, 4.69) is 10.6 Å². The maximum absolute atomic E-state index is 12.6. The molecule has 0 saturated carbocycles. The summed E-state index contributed by atoms with van der Waals surface area (Å²) in [5, 5.41) is 5.48. The summed E-state index contributed by atoms with van der Waals surface area (Å²) >= 11 is 0. The Hall–Kier alpha value is -1.56. The summed E-state index contributed by atoms with van der Waals surface area (Å²) < 4.78 is 37.8. The van der Waals surface area contributed by atoms with Crippen LogP contribution in [0.2, 0.25) is 0 Å². The lowest BCUT2D eigenvalue weighted by Gasteiger charge is -2.14. The first kappa shape index (κ1) is 16.5. The lowest BCUT2D eigenvalue weighted by atomic mass is 10.1. The number of hydrogen-bond donors (Lipinski definition) is 2. The van der Waals surface area contributed by atoms with Crippen LogP contribution < -0.4 is 10.6 Å². The van der Waals surface area contributed by atoms with Gasteiger partial charge in [0.2, 0.25) is 5.91 Å². The van der Waals surface area contributed by atoms with E-state index in [1.54, 1.807) is 6.92 Å². The number of hydrogen-bond acceptors (Lipinski definition) is 2. The number of alkyl halides is 3. The van der Waals surface area contributed by atoms with Crippen molar-refractivity contribution in [2.75, 3.05) is 11.9 Å². The van der Waals surface area contributed by atoms with Gasteiger partial charge in [-0.25, -0.2) is 0 Å². The van der Waals surface area contributed by atoms with Gasteiger partial charge in [0.05, 0.1) is 12.1 Å². The standard InChI is InChI=1S/C14H19F3N2O/c1-4-10(3)18-8-13(20)19-12-7-11(14(15,16)17)6-5-9(12)2/h5-7,10,18H,4,8H2,1-3H3,(H,19,20). The molecule has 0 fully saturated rings. The summed E-state index contributed by atoms with van der Waals surface area (Å²) in [5.41, 5.74) is 0.0129. The number of amides is 1. The number of aryl methyl sites for hydroxylation is 1. The van der Waals surface area contributed by atoms with Gasteiger partial charge in [0, 0.05) is 11.7 Å². The molecule has 1 rings (SSSR count). The van der Waals surface area contributed by atoms with E-state index in [9.17, 15) is 18.0 Å². The lowest BCUT2D eigenvalue weighted by Crippen LogP contribution is -2.34. The molecule has 6 heteroatoms. The summed E-state index contributed by atoms with van der Waals surface area (Å²) in [6, 6.07) is 3.49. The third kappa shape index (κ3) is 4.85. The van der Waals surface area contributed by atoms with Crippen LogP contribution in [0, 0.1) is 6.92 Å². The average Bonchev–Trinajstić information content (AvgIpc) is 2.37. The molecule has 1 aromatic rings. The average molecular weight is 288 g/mol. The first-order chi connectivity index (χ1) is 9.24. The summed E-state index contributed by atoms with van der Waals surface area (Å²) in [7, 11) is 0.